The number of piperidine rings is 1. The Balaban J connectivity index is 1.40. The smallest absolute Gasteiger partial charge is 0.123 e. The number of rotatable bonds is 4. The first-order chi connectivity index (χ1) is 15.1. The maximum Gasteiger partial charge on any atom is 0.123 e. The van der Waals surface area contributed by atoms with Crippen molar-refractivity contribution >= 4 is 10.9 Å². The van der Waals surface area contributed by atoms with Gasteiger partial charge in [0, 0.05) is 17.4 Å². The van der Waals surface area contributed by atoms with E-state index in [2.05, 4.69) is 66.2 Å². The first-order valence-corrected chi connectivity index (χ1v) is 11.2. The van der Waals surface area contributed by atoms with Crippen molar-refractivity contribution in [2.24, 2.45) is 0 Å². The summed E-state index contributed by atoms with van der Waals surface area (Å²) in [5.74, 6) is 0.451. The predicted octanol–water partition coefficient (Wildman–Crippen LogP) is 6.97. The molecule has 0 radical (unpaired) electrons. The Labute approximate surface area is 183 Å². The van der Waals surface area contributed by atoms with Gasteiger partial charge in [-0.25, -0.2) is 4.39 Å². The molecule has 0 saturated carbocycles. The number of fused-ring (bicyclic) bond motifs is 1. The molecule has 2 heterocycles. The average molecular weight is 413 g/mol. The number of likely N-dealkylation sites (tertiary alicyclic amines) is 1. The number of aromatic nitrogens is 1. The van der Waals surface area contributed by atoms with Gasteiger partial charge < -0.3 is 4.98 Å². The van der Waals surface area contributed by atoms with Crippen molar-refractivity contribution in [2.45, 2.75) is 39.2 Å². The molecule has 1 aromatic heterocycles. The molecule has 158 valence electrons. The minimum atomic E-state index is -0.199. The molecule has 0 spiro atoms. The minimum absolute atomic E-state index is 0.199. The second-order valence-electron chi connectivity index (χ2n) is 8.89. The van der Waals surface area contributed by atoms with Crippen LogP contribution < -0.4 is 0 Å². The molecule has 0 unspecified atom stereocenters. The molecular weight excluding hydrogens is 383 g/mol. The first-order valence-electron chi connectivity index (χ1n) is 11.2. The van der Waals surface area contributed by atoms with E-state index >= 15 is 0 Å². The highest BCUT2D eigenvalue weighted by Gasteiger charge is 2.24. The van der Waals surface area contributed by atoms with E-state index in [9.17, 15) is 4.39 Å². The zero-order valence-corrected chi connectivity index (χ0v) is 18.3. The molecule has 1 aliphatic rings. The van der Waals surface area contributed by atoms with Crippen LogP contribution in [0.3, 0.4) is 0 Å². The molecule has 3 aromatic carbocycles. The highest BCUT2D eigenvalue weighted by Crippen LogP contribution is 2.35. The Morgan fingerprint density at radius 3 is 2.26 bits per heavy atom. The van der Waals surface area contributed by atoms with Crippen molar-refractivity contribution in [1.82, 2.24) is 9.88 Å². The van der Waals surface area contributed by atoms with Gasteiger partial charge in [0.1, 0.15) is 5.82 Å². The second-order valence-corrected chi connectivity index (χ2v) is 8.89. The number of hydrogen-bond acceptors (Lipinski definition) is 1. The lowest BCUT2D eigenvalue weighted by Crippen LogP contribution is -2.33. The van der Waals surface area contributed by atoms with Gasteiger partial charge in [0.05, 0.1) is 5.69 Å². The van der Waals surface area contributed by atoms with Crippen molar-refractivity contribution in [3.63, 3.8) is 0 Å². The van der Waals surface area contributed by atoms with Gasteiger partial charge in [0.15, 0.2) is 0 Å². The van der Waals surface area contributed by atoms with E-state index in [0.717, 1.165) is 36.4 Å². The summed E-state index contributed by atoms with van der Waals surface area (Å²) in [6, 6.07) is 22.0. The molecule has 0 aliphatic carbocycles. The van der Waals surface area contributed by atoms with Crippen LogP contribution in [0.15, 0.2) is 66.7 Å². The third-order valence-corrected chi connectivity index (χ3v) is 6.87. The van der Waals surface area contributed by atoms with E-state index in [-0.39, 0.29) is 5.82 Å². The number of para-hydroxylation sites is 1. The van der Waals surface area contributed by atoms with Crippen LogP contribution in [0, 0.1) is 19.7 Å². The first kappa shape index (κ1) is 20.0. The van der Waals surface area contributed by atoms with E-state index < -0.39 is 0 Å². The Morgan fingerprint density at radius 2 is 1.55 bits per heavy atom. The fourth-order valence-corrected chi connectivity index (χ4v) is 5.30. The van der Waals surface area contributed by atoms with Gasteiger partial charge in [-0.1, -0.05) is 36.4 Å². The Hall–Kier alpha value is -2.91. The van der Waals surface area contributed by atoms with Gasteiger partial charge in [0.25, 0.3) is 0 Å². The van der Waals surface area contributed by atoms with Crippen LogP contribution in [-0.4, -0.2) is 23.0 Å². The van der Waals surface area contributed by atoms with Gasteiger partial charge in [0.2, 0.25) is 0 Å². The average Bonchev–Trinajstić information content (AvgIpc) is 3.14. The van der Waals surface area contributed by atoms with E-state index in [1.165, 1.54) is 34.9 Å². The van der Waals surface area contributed by atoms with Gasteiger partial charge in [-0.05, 0) is 104 Å². The summed E-state index contributed by atoms with van der Waals surface area (Å²) in [5, 5.41) is 1.26. The Kier molecular flexibility index (Phi) is 5.37. The number of benzene rings is 3. The fraction of sp³-hybridized carbons (Fsp3) is 0.286. The molecule has 0 bridgehead atoms. The van der Waals surface area contributed by atoms with Crippen LogP contribution in [0.5, 0.6) is 0 Å². The van der Waals surface area contributed by atoms with Gasteiger partial charge >= 0.3 is 0 Å². The molecule has 0 amide bonds. The summed E-state index contributed by atoms with van der Waals surface area (Å²) in [5.41, 5.74) is 9.01. The van der Waals surface area contributed by atoms with E-state index in [1.807, 2.05) is 12.1 Å². The van der Waals surface area contributed by atoms with E-state index in [0.29, 0.717) is 5.92 Å². The maximum atomic E-state index is 13.5. The normalized spacial score (nSPS) is 15.6. The van der Waals surface area contributed by atoms with E-state index in [4.69, 9.17) is 0 Å². The zero-order valence-electron chi connectivity index (χ0n) is 18.3. The lowest BCUT2D eigenvalue weighted by molar-refractivity contribution is 0.205. The summed E-state index contributed by atoms with van der Waals surface area (Å²) in [4.78, 5) is 6.17. The molecule has 1 N–H and O–H groups in total. The number of hydrogen-bond donors (Lipinski definition) is 1. The Bertz CT molecular complexity index is 1180. The number of nitrogens with zero attached hydrogens (tertiary/aromatic N) is 1. The van der Waals surface area contributed by atoms with Crippen LogP contribution in [0.25, 0.3) is 22.2 Å². The molecule has 5 rings (SSSR count). The van der Waals surface area contributed by atoms with Crippen molar-refractivity contribution in [2.75, 3.05) is 13.1 Å². The van der Waals surface area contributed by atoms with Crippen LogP contribution >= 0.6 is 0 Å². The van der Waals surface area contributed by atoms with Gasteiger partial charge in [-0.2, -0.15) is 0 Å². The summed E-state index contributed by atoms with van der Waals surface area (Å²) < 4.78 is 13.5. The number of aromatic amines is 1. The standard InChI is InChI=1S/C28H29FN2/c1-19-6-5-7-20(2)27(19)21-14-16-31(17-15-21)18-25-24-8-3-4-9-26(24)30-28(25)22-10-12-23(29)13-11-22/h3-13,21,30H,14-18H2,1-2H3. The fourth-order valence-electron chi connectivity index (χ4n) is 5.30. The maximum absolute atomic E-state index is 13.5. The van der Waals surface area contributed by atoms with Crippen LogP contribution in [-0.2, 0) is 6.54 Å². The highest BCUT2D eigenvalue weighted by molar-refractivity contribution is 5.90. The summed E-state index contributed by atoms with van der Waals surface area (Å²) in [6.45, 7) is 7.60. The number of halogens is 1. The molecule has 4 aromatic rings. The molecule has 1 aliphatic heterocycles. The number of H-pyrrole nitrogens is 1. The van der Waals surface area contributed by atoms with Gasteiger partial charge in [-0.3, -0.25) is 4.90 Å². The molecule has 1 fully saturated rings. The molecule has 0 atom stereocenters. The SMILES string of the molecule is Cc1cccc(C)c1C1CCN(Cc2c(-c3ccc(F)cc3)[nH]c3ccccc23)CC1. The summed E-state index contributed by atoms with van der Waals surface area (Å²) >= 11 is 0. The van der Waals surface area contributed by atoms with Crippen LogP contribution in [0.2, 0.25) is 0 Å². The third kappa shape index (κ3) is 3.90. The van der Waals surface area contributed by atoms with Crippen LogP contribution in [0.4, 0.5) is 4.39 Å². The zero-order chi connectivity index (χ0) is 21.4. The predicted molar refractivity (Wildman–Crippen MR) is 127 cm³/mol. The van der Waals surface area contributed by atoms with Crippen molar-refractivity contribution < 1.29 is 4.39 Å². The second kappa shape index (κ2) is 8.32. The lowest BCUT2D eigenvalue weighted by Gasteiger charge is -2.33. The topological polar surface area (TPSA) is 19.0 Å². The number of aryl methyl sites for hydroxylation is 2. The molecule has 3 heteroatoms. The van der Waals surface area contributed by atoms with E-state index in [1.54, 1.807) is 17.7 Å². The summed E-state index contributed by atoms with van der Waals surface area (Å²) in [7, 11) is 0. The highest BCUT2D eigenvalue weighted by atomic mass is 19.1. The third-order valence-electron chi connectivity index (χ3n) is 6.87. The summed E-state index contributed by atoms with van der Waals surface area (Å²) in [6.07, 6.45) is 2.39. The van der Waals surface area contributed by atoms with Crippen molar-refractivity contribution in [3.05, 3.63) is 94.8 Å². The quantitative estimate of drug-likeness (QED) is 0.383. The monoisotopic (exact) mass is 412 g/mol. The molecule has 31 heavy (non-hydrogen) atoms. The molecular formula is C28H29FN2. The van der Waals surface area contributed by atoms with Crippen LogP contribution in [0.1, 0.15) is 41.0 Å². The Morgan fingerprint density at radius 1 is 0.871 bits per heavy atom. The van der Waals surface area contributed by atoms with Gasteiger partial charge in [-0.15, -0.1) is 0 Å². The largest absolute Gasteiger partial charge is 0.354 e. The van der Waals surface area contributed by atoms with Crippen molar-refractivity contribution in [3.8, 4) is 11.3 Å². The molecule has 2 nitrogen and oxygen atoms in total. The minimum Gasteiger partial charge on any atom is -0.354 e. The molecule has 1 saturated heterocycles. The lowest BCUT2D eigenvalue weighted by atomic mass is 9.84. The van der Waals surface area contributed by atoms with Crippen molar-refractivity contribution in [1.29, 1.82) is 0 Å². The number of nitrogens with one attached hydrogen (secondary N) is 1.